The molecule has 184 valence electrons. The Morgan fingerprint density at radius 1 is 0.838 bits per heavy atom. The van der Waals surface area contributed by atoms with E-state index >= 15 is 0 Å². The number of carbonyl (C=O) groups excluding carboxylic acids is 1. The van der Waals surface area contributed by atoms with Crippen molar-refractivity contribution in [1.29, 1.82) is 5.26 Å². The normalized spacial score (nSPS) is 16.7. The van der Waals surface area contributed by atoms with Crippen LogP contribution in [-0.4, -0.2) is 19.3 Å². The number of sulfonamides is 1. The molecular weight excluding hydrogens is 533 g/mol. The Morgan fingerprint density at radius 3 is 2.00 bits per heavy atom. The summed E-state index contributed by atoms with van der Waals surface area (Å²) in [5, 5.41) is 10.3. The summed E-state index contributed by atoms with van der Waals surface area (Å²) >= 11 is 12.2. The number of nitrogens with zero attached hydrogens (tertiary/aromatic N) is 3. The van der Waals surface area contributed by atoms with Crippen molar-refractivity contribution in [2.45, 2.75) is 17.0 Å². The second-order valence-corrected chi connectivity index (χ2v) is 11.1. The van der Waals surface area contributed by atoms with Crippen molar-refractivity contribution in [2.75, 3.05) is 4.31 Å². The molecule has 0 N–H and O–H groups in total. The minimum absolute atomic E-state index is 0.0814. The Morgan fingerprint density at radius 2 is 1.43 bits per heavy atom. The molecule has 7 nitrogen and oxygen atoms in total. The van der Waals surface area contributed by atoms with Gasteiger partial charge in [0.25, 0.3) is 15.6 Å². The number of halogens is 2. The standard InChI is InChI=1S/C27H17Cl2N3O4S/c28-21-9-4-18(5-10-21)25-26(19-6-11-22(29)12-7-19)32(24-13-8-20(16-33)27(34)31(24)25)37(35,36)23-3-1-2-17(14-23)15-30/h1-14,16,25-26H/t25-,26+/m0/s1. The highest BCUT2D eigenvalue weighted by Gasteiger charge is 2.47. The molecule has 37 heavy (non-hydrogen) atoms. The highest BCUT2D eigenvalue weighted by atomic mass is 35.5. The fourth-order valence-electron chi connectivity index (χ4n) is 4.59. The van der Waals surface area contributed by atoms with Gasteiger partial charge in [0.2, 0.25) is 0 Å². The van der Waals surface area contributed by atoms with Gasteiger partial charge < -0.3 is 0 Å². The molecule has 0 amide bonds. The van der Waals surface area contributed by atoms with E-state index in [1.807, 2.05) is 6.07 Å². The molecule has 0 radical (unpaired) electrons. The monoisotopic (exact) mass is 549 g/mol. The summed E-state index contributed by atoms with van der Waals surface area (Å²) in [5.74, 6) is 0.0814. The van der Waals surface area contributed by atoms with Crippen molar-refractivity contribution in [3.05, 3.63) is 128 Å². The number of aldehydes is 1. The van der Waals surface area contributed by atoms with Crippen molar-refractivity contribution in [1.82, 2.24) is 4.57 Å². The van der Waals surface area contributed by atoms with Gasteiger partial charge >= 0.3 is 0 Å². The number of hydrogen-bond donors (Lipinski definition) is 0. The number of hydrogen-bond acceptors (Lipinski definition) is 5. The largest absolute Gasteiger partial charge is 0.298 e. The Bertz CT molecular complexity index is 1730. The summed E-state index contributed by atoms with van der Waals surface area (Å²) < 4.78 is 30.9. The van der Waals surface area contributed by atoms with Crippen LogP contribution in [0.15, 0.2) is 94.6 Å². The van der Waals surface area contributed by atoms with E-state index in [9.17, 15) is 23.3 Å². The molecule has 0 saturated carbocycles. The van der Waals surface area contributed by atoms with Crippen LogP contribution in [0.2, 0.25) is 10.0 Å². The molecule has 0 saturated heterocycles. The molecule has 0 spiro atoms. The summed E-state index contributed by atoms with van der Waals surface area (Å²) in [6, 6.07) is 22.0. The molecular formula is C27H17Cl2N3O4S. The fourth-order valence-corrected chi connectivity index (χ4v) is 6.53. The molecule has 1 aliphatic heterocycles. The molecule has 1 aromatic heterocycles. The lowest BCUT2D eigenvalue weighted by atomic mass is 9.94. The average molecular weight is 550 g/mol. The lowest BCUT2D eigenvalue weighted by Gasteiger charge is -2.29. The van der Waals surface area contributed by atoms with Crippen molar-refractivity contribution in [3.63, 3.8) is 0 Å². The molecule has 2 heterocycles. The quantitative estimate of drug-likeness (QED) is 0.311. The summed E-state index contributed by atoms with van der Waals surface area (Å²) in [6.45, 7) is 0. The van der Waals surface area contributed by atoms with Gasteiger partial charge in [-0.15, -0.1) is 0 Å². The summed E-state index contributed by atoms with van der Waals surface area (Å²) in [5.41, 5.74) is 0.615. The highest BCUT2D eigenvalue weighted by molar-refractivity contribution is 7.92. The summed E-state index contributed by atoms with van der Waals surface area (Å²) in [4.78, 5) is 25.1. The van der Waals surface area contributed by atoms with E-state index in [-0.39, 0.29) is 21.8 Å². The number of aromatic nitrogens is 1. The van der Waals surface area contributed by atoms with Crippen molar-refractivity contribution in [3.8, 4) is 6.07 Å². The van der Waals surface area contributed by atoms with E-state index in [1.165, 1.54) is 45.3 Å². The molecule has 4 aromatic rings. The van der Waals surface area contributed by atoms with Gasteiger partial charge in [0.15, 0.2) is 6.29 Å². The van der Waals surface area contributed by atoms with E-state index < -0.39 is 27.7 Å². The number of anilines is 1. The first kappa shape index (κ1) is 24.8. The first-order valence-electron chi connectivity index (χ1n) is 11.0. The Hall–Kier alpha value is -3.90. The van der Waals surface area contributed by atoms with E-state index in [0.717, 1.165) is 0 Å². The van der Waals surface area contributed by atoms with Crippen LogP contribution in [0.25, 0.3) is 0 Å². The van der Waals surface area contributed by atoms with Gasteiger partial charge in [0.05, 0.1) is 34.2 Å². The highest BCUT2D eigenvalue weighted by Crippen LogP contribution is 2.49. The van der Waals surface area contributed by atoms with Gasteiger partial charge in [-0.1, -0.05) is 53.5 Å². The third-order valence-electron chi connectivity index (χ3n) is 6.25. The second-order valence-electron chi connectivity index (χ2n) is 8.37. The summed E-state index contributed by atoms with van der Waals surface area (Å²) in [7, 11) is -4.30. The lowest BCUT2D eigenvalue weighted by Crippen LogP contribution is -2.33. The molecule has 0 aliphatic carbocycles. The SMILES string of the molecule is N#Cc1cccc(S(=O)(=O)N2c3ccc(C=O)c(=O)n3[C@@H](c3ccc(Cl)cc3)[C@H]2c2ccc(Cl)cc2)c1. The topological polar surface area (TPSA) is 100 Å². The van der Waals surface area contributed by atoms with Crippen LogP contribution < -0.4 is 9.86 Å². The Balaban J connectivity index is 1.85. The zero-order chi connectivity index (χ0) is 26.3. The predicted molar refractivity (Wildman–Crippen MR) is 141 cm³/mol. The summed E-state index contributed by atoms with van der Waals surface area (Å²) in [6.07, 6.45) is 0.444. The van der Waals surface area contributed by atoms with Gasteiger partial charge in [0, 0.05) is 10.0 Å². The number of nitriles is 1. The number of fused-ring (bicyclic) bond motifs is 1. The zero-order valence-corrected chi connectivity index (χ0v) is 21.3. The van der Waals surface area contributed by atoms with Gasteiger partial charge in [-0.05, 0) is 65.7 Å². The van der Waals surface area contributed by atoms with Gasteiger partial charge in [-0.2, -0.15) is 5.26 Å². The minimum atomic E-state index is -4.30. The van der Waals surface area contributed by atoms with E-state index in [1.54, 1.807) is 48.5 Å². The van der Waals surface area contributed by atoms with E-state index in [4.69, 9.17) is 23.2 Å². The van der Waals surface area contributed by atoms with Crippen molar-refractivity contribution >= 4 is 45.3 Å². The molecule has 0 fully saturated rings. The molecule has 0 bridgehead atoms. The maximum atomic E-state index is 14.2. The van der Waals surface area contributed by atoms with Crippen LogP contribution in [0.3, 0.4) is 0 Å². The number of rotatable bonds is 5. The van der Waals surface area contributed by atoms with Gasteiger partial charge in [0.1, 0.15) is 5.82 Å². The third-order valence-corrected chi connectivity index (χ3v) is 8.54. The minimum Gasteiger partial charge on any atom is -0.298 e. The Labute approximate surface area is 222 Å². The number of benzene rings is 3. The van der Waals surface area contributed by atoms with E-state index in [2.05, 4.69) is 0 Å². The number of pyridine rings is 1. The predicted octanol–water partition coefficient (Wildman–Crippen LogP) is 5.38. The van der Waals surface area contributed by atoms with Crippen LogP contribution in [0.5, 0.6) is 0 Å². The Kier molecular flexibility index (Phi) is 6.38. The number of carbonyl (C=O) groups is 1. The smallest absolute Gasteiger partial charge is 0.266 e. The molecule has 5 rings (SSSR count). The van der Waals surface area contributed by atoms with Gasteiger partial charge in [-0.25, -0.2) is 12.7 Å². The third kappa shape index (κ3) is 4.21. The van der Waals surface area contributed by atoms with Crippen LogP contribution in [0, 0.1) is 11.3 Å². The average Bonchev–Trinajstić information content (AvgIpc) is 3.26. The van der Waals surface area contributed by atoms with E-state index in [0.29, 0.717) is 27.5 Å². The maximum Gasteiger partial charge on any atom is 0.266 e. The maximum absolute atomic E-state index is 14.2. The van der Waals surface area contributed by atoms with Crippen molar-refractivity contribution < 1.29 is 13.2 Å². The van der Waals surface area contributed by atoms with Gasteiger partial charge in [-0.3, -0.25) is 14.2 Å². The van der Waals surface area contributed by atoms with Crippen LogP contribution >= 0.6 is 23.2 Å². The first-order valence-corrected chi connectivity index (χ1v) is 13.2. The molecule has 3 aromatic carbocycles. The first-order chi connectivity index (χ1) is 17.8. The van der Waals surface area contributed by atoms with Crippen molar-refractivity contribution in [2.24, 2.45) is 0 Å². The zero-order valence-electron chi connectivity index (χ0n) is 19.0. The molecule has 1 aliphatic rings. The van der Waals surface area contributed by atoms with Crippen LogP contribution in [-0.2, 0) is 10.0 Å². The molecule has 2 atom stereocenters. The second kappa shape index (κ2) is 9.52. The van der Waals surface area contributed by atoms with Crippen LogP contribution in [0.1, 0.15) is 39.1 Å². The molecule has 0 unspecified atom stereocenters. The van der Waals surface area contributed by atoms with Crippen LogP contribution in [0.4, 0.5) is 5.82 Å². The lowest BCUT2D eigenvalue weighted by molar-refractivity contribution is 0.112. The molecule has 10 heteroatoms. The fraction of sp³-hybridized carbons (Fsp3) is 0.0741.